The van der Waals surface area contributed by atoms with Gasteiger partial charge in [-0.1, -0.05) is 11.6 Å². The number of halogens is 1. The van der Waals surface area contributed by atoms with Crippen molar-refractivity contribution in [3.8, 4) is 17.0 Å². The van der Waals surface area contributed by atoms with Gasteiger partial charge in [0.25, 0.3) is 0 Å². The number of aromatic nitrogens is 4. The van der Waals surface area contributed by atoms with Crippen LogP contribution in [0.5, 0.6) is 5.75 Å². The van der Waals surface area contributed by atoms with E-state index in [1.807, 2.05) is 38.2 Å². The Bertz CT molecular complexity index is 1560. The van der Waals surface area contributed by atoms with Gasteiger partial charge in [-0.2, -0.15) is 0 Å². The Labute approximate surface area is 251 Å². The molecule has 0 aliphatic carbocycles. The van der Waals surface area contributed by atoms with Gasteiger partial charge in [-0.25, -0.2) is 9.97 Å². The molecular weight excluding hydrogens is 551 g/mol. The lowest BCUT2D eigenvalue weighted by Gasteiger charge is -2.28. The zero-order valence-electron chi connectivity index (χ0n) is 23.7. The van der Waals surface area contributed by atoms with Crippen molar-refractivity contribution >= 4 is 42.3 Å². The van der Waals surface area contributed by atoms with Crippen molar-refractivity contribution in [2.24, 2.45) is 0 Å². The molecule has 0 unspecified atom stereocenters. The van der Waals surface area contributed by atoms with Gasteiger partial charge in [0.15, 0.2) is 11.6 Å². The molecule has 2 atom stereocenters. The predicted molar refractivity (Wildman–Crippen MR) is 168 cm³/mol. The molecule has 4 bridgehead atoms. The van der Waals surface area contributed by atoms with E-state index in [2.05, 4.69) is 58.2 Å². The largest absolute Gasteiger partial charge is 0.569 e. The Balaban J connectivity index is 0.000000120. The molecule has 10 nitrogen and oxygen atoms in total. The number of nitrogens with zero attached hydrogens (tertiary/aromatic N) is 6. The number of pyridine rings is 4. The smallest absolute Gasteiger partial charge is 0.537 e. The number of aryl methyl sites for hydroxylation is 2. The average molecular weight is 584 g/mol. The van der Waals surface area contributed by atoms with E-state index in [0.717, 1.165) is 60.5 Å². The topological polar surface area (TPSA) is 112 Å². The summed E-state index contributed by atoms with van der Waals surface area (Å²) in [6, 6.07) is 16.8. The van der Waals surface area contributed by atoms with Crippen molar-refractivity contribution in [1.29, 1.82) is 0 Å². The quantitative estimate of drug-likeness (QED) is 0.236. The number of nitrogens with one attached hydrogen (secondary N) is 2. The van der Waals surface area contributed by atoms with Crippen LogP contribution in [0.4, 0.5) is 23.0 Å². The number of hydrogen-bond acceptors (Lipinski definition) is 10. The van der Waals surface area contributed by atoms with E-state index in [1.54, 1.807) is 18.3 Å². The van der Waals surface area contributed by atoms with Gasteiger partial charge in [-0.05, 0) is 75.2 Å². The summed E-state index contributed by atoms with van der Waals surface area (Å²) < 4.78 is 4.68. The minimum atomic E-state index is 0.564. The molecule has 0 spiro atoms. The van der Waals surface area contributed by atoms with Crippen molar-refractivity contribution < 1.29 is 9.68 Å². The molecular formula is C30H33BClN8O2. The standard InChI is InChI=1S/C15H16N4.C9H10ClN3.C6H7BNO2/c1-10-8-11(4-6-16-10)13-2-3-14-15(18-13)17-12-5-7-19(14)9-12;10-8-2-1-7-9(12-8)11-6-3-4-13(7)5-6;1-5-4-6(10-7-9)2-3-8-5/h2-4,6,8,12H,5,7,9H2,1H3,(H,17,18);1-2,6H,3-5H2,(H,11,12);2-4,9H,1H3/t12-;6-;/m11./s1. The van der Waals surface area contributed by atoms with Crippen molar-refractivity contribution in [2.45, 2.75) is 38.8 Å². The van der Waals surface area contributed by atoms with Crippen LogP contribution in [-0.2, 0) is 0 Å². The zero-order chi connectivity index (χ0) is 29.1. The lowest BCUT2D eigenvalue weighted by atomic mass is 10.1. The Hall–Kier alpha value is -4.09. The summed E-state index contributed by atoms with van der Waals surface area (Å²) in [5.74, 6) is 2.57. The predicted octanol–water partition coefficient (Wildman–Crippen LogP) is 4.49. The van der Waals surface area contributed by atoms with Crippen LogP contribution in [0.3, 0.4) is 0 Å². The maximum atomic E-state index is 8.24. The Kier molecular flexibility index (Phi) is 8.30. The van der Waals surface area contributed by atoms with Crippen LogP contribution in [0.2, 0.25) is 5.15 Å². The van der Waals surface area contributed by atoms with E-state index < -0.39 is 0 Å². The molecule has 4 aromatic rings. The third-order valence-corrected chi connectivity index (χ3v) is 7.91. The van der Waals surface area contributed by atoms with Crippen LogP contribution in [0.25, 0.3) is 11.3 Å². The molecule has 215 valence electrons. The summed E-state index contributed by atoms with van der Waals surface area (Å²) in [4.78, 5) is 22.0. The van der Waals surface area contributed by atoms with E-state index in [0.29, 0.717) is 30.7 Å². The molecule has 0 amide bonds. The molecule has 8 rings (SSSR count). The number of fused-ring (bicyclic) bond motifs is 8. The van der Waals surface area contributed by atoms with Crippen LogP contribution in [0, 0.1) is 13.8 Å². The fourth-order valence-corrected chi connectivity index (χ4v) is 5.85. The highest BCUT2D eigenvalue weighted by atomic mass is 35.5. The van der Waals surface area contributed by atoms with E-state index in [4.69, 9.17) is 21.6 Å². The SMILES string of the molecule is Cc1cc(-c2ccc3c(n2)N[C@@H]2CCN3C2)ccn1.Cc1cc(O[B]O)ccn1.Clc1ccc2c(n1)N[C@@H]1CCN2C1. The molecule has 3 N–H and O–H groups in total. The first kappa shape index (κ1) is 28.1. The van der Waals surface area contributed by atoms with E-state index in [-0.39, 0.29) is 0 Å². The molecule has 42 heavy (non-hydrogen) atoms. The van der Waals surface area contributed by atoms with Crippen LogP contribution in [-0.4, -0.2) is 70.9 Å². The van der Waals surface area contributed by atoms with Crippen LogP contribution in [0.1, 0.15) is 24.2 Å². The minimum Gasteiger partial charge on any atom is -0.537 e. The van der Waals surface area contributed by atoms with Crippen molar-refractivity contribution in [2.75, 3.05) is 46.6 Å². The Morgan fingerprint density at radius 2 is 1.45 bits per heavy atom. The Morgan fingerprint density at radius 1 is 0.833 bits per heavy atom. The third-order valence-electron chi connectivity index (χ3n) is 7.70. The molecule has 2 fully saturated rings. The van der Waals surface area contributed by atoms with E-state index >= 15 is 0 Å². The van der Waals surface area contributed by atoms with Gasteiger partial charge in [-0.15, -0.1) is 0 Å². The van der Waals surface area contributed by atoms with Gasteiger partial charge in [-0.3, -0.25) is 9.97 Å². The molecule has 2 saturated heterocycles. The van der Waals surface area contributed by atoms with Gasteiger partial charge in [0.05, 0.1) is 17.1 Å². The zero-order valence-corrected chi connectivity index (χ0v) is 24.4. The summed E-state index contributed by atoms with van der Waals surface area (Å²) in [5, 5.41) is 15.7. The average Bonchev–Trinajstić information content (AvgIpc) is 3.57. The molecule has 0 aromatic carbocycles. The fraction of sp³-hybridized carbons (Fsp3) is 0.333. The van der Waals surface area contributed by atoms with Gasteiger partial charge in [0.2, 0.25) is 0 Å². The van der Waals surface area contributed by atoms with Crippen molar-refractivity contribution in [1.82, 2.24) is 19.9 Å². The summed E-state index contributed by atoms with van der Waals surface area (Å²) in [5.41, 5.74) is 6.46. The second-order valence-electron chi connectivity index (χ2n) is 10.8. The summed E-state index contributed by atoms with van der Waals surface area (Å²) in [6.07, 6.45) is 5.87. The van der Waals surface area contributed by atoms with Crippen LogP contribution < -0.4 is 25.1 Å². The first-order valence-electron chi connectivity index (χ1n) is 14.1. The number of rotatable bonds is 3. The fourth-order valence-electron chi connectivity index (χ4n) is 5.70. The monoisotopic (exact) mass is 583 g/mol. The first-order chi connectivity index (χ1) is 20.4. The van der Waals surface area contributed by atoms with Crippen LogP contribution >= 0.6 is 11.6 Å². The van der Waals surface area contributed by atoms with Crippen molar-refractivity contribution in [3.63, 3.8) is 0 Å². The van der Waals surface area contributed by atoms with Crippen molar-refractivity contribution in [3.05, 3.63) is 77.5 Å². The number of anilines is 4. The van der Waals surface area contributed by atoms with E-state index in [1.165, 1.54) is 24.2 Å². The molecule has 1 radical (unpaired) electrons. The minimum absolute atomic E-state index is 0.564. The lowest BCUT2D eigenvalue weighted by Crippen LogP contribution is -2.32. The molecule has 12 heteroatoms. The molecule has 4 aromatic heterocycles. The summed E-state index contributed by atoms with van der Waals surface area (Å²) in [6.45, 7) is 8.35. The molecule has 4 aliphatic heterocycles. The highest BCUT2D eigenvalue weighted by molar-refractivity contribution is 6.29. The maximum absolute atomic E-state index is 8.24. The van der Waals surface area contributed by atoms with Gasteiger partial charge >= 0.3 is 7.69 Å². The summed E-state index contributed by atoms with van der Waals surface area (Å²) in [7, 11) is 0.648. The highest BCUT2D eigenvalue weighted by Crippen LogP contribution is 2.36. The molecule has 4 aliphatic rings. The Morgan fingerprint density at radius 3 is 2.10 bits per heavy atom. The normalized spacial score (nSPS) is 18.7. The van der Waals surface area contributed by atoms with Gasteiger partial charge in [0.1, 0.15) is 10.9 Å². The second-order valence-corrected chi connectivity index (χ2v) is 11.1. The van der Waals surface area contributed by atoms with Gasteiger partial charge in [0, 0.05) is 67.6 Å². The molecule has 0 saturated carbocycles. The first-order valence-corrected chi connectivity index (χ1v) is 14.5. The highest BCUT2D eigenvalue weighted by Gasteiger charge is 2.31. The van der Waals surface area contributed by atoms with E-state index in [9.17, 15) is 0 Å². The number of hydrogen-bond donors (Lipinski definition) is 3. The van der Waals surface area contributed by atoms with Crippen LogP contribution in [0.15, 0.2) is 60.9 Å². The van der Waals surface area contributed by atoms with Gasteiger partial charge < -0.3 is 30.1 Å². The second kappa shape index (κ2) is 12.4. The lowest BCUT2D eigenvalue weighted by molar-refractivity contribution is 0.453. The molecule has 8 heterocycles. The summed E-state index contributed by atoms with van der Waals surface area (Å²) >= 11 is 5.82. The maximum Gasteiger partial charge on any atom is 0.569 e. The third kappa shape index (κ3) is 6.37.